The number of aromatic nitrogens is 3. The van der Waals surface area contributed by atoms with E-state index in [9.17, 15) is 22.8 Å². The summed E-state index contributed by atoms with van der Waals surface area (Å²) < 4.78 is 79.4. The molecule has 252 valence electrons. The van der Waals surface area contributed by atoms with Gasteiger partial charge in [0.05, 0.1) is 24.5 Å². The first-order chi connectivity index (χ1) is 23.1. The number of esters is 2. The third-order valence-electron chi connectivity index (χ3n) is 7.95. The number of hydrogen-bond donors (Lipinski definition) is 0. The molecule has 1 aromatic heterocycles. The van der Waals surface area contributed by atoms with Crippen molar-refractivity contribution in [3.8, 4) is 11.3 Å². The summed E-state index contributed by atoms with van der Waals surface area (Å²) in [5.41, 5.74) is 0.850. The highest BCUT2D eigenvalue weighted by Crippen LogP contribution is 2.42. The van der Waals surface area contributed by atoms with Crippen LogP contribution in [0, 0.1) is 17.5 Å². The van der Waals surface area contributed by atoms with Crippen LogP contribution in [0.4, 0.5) is 13.2 Å². The second-order valence-corrected chi connectivity index (χ2v) is 11.5. The van der Waals surface area contributed by atoms with Gasteiger partial charge >= 0.3 is 11.9 Å². The van der Waals surface area contributed by atoms with E-state index in [1.54, 1.807) is 32.0 Å². The van der Waals surface area contributed by atoms with Gasteiger partial charge in [-0.25, -0.2) is 27.4 Å². The van der Waals surface area contributed by atoms with Gasteiger partial charge in [0, 0.05) is 18.2 Å². The molecule has 3 unspecified atom stereocenters. The summed E-state index contributed by atoms with van der Waals surface area (Å²) in [4.78, 5) is 26.8. The molecular formula is C34H32F3N3O8. The predicted octanol–water partition coefficient (Wildman–Crippen LogP) is 4.98. The van der Waals surface area contributed by atoms with E-state index in [1.165, 1.54) is 30.1 Å². The van der Waals surface area contributed by atoms with Crippen molar-refractivity contribution < 1.29 is 51.2 Å². The van der Waals surface area contributed by atoms with Gasteiger partial charge in [-0.15, -0.1) is 5.10 Å². The van der Waals surface area contributed by atoms with Crippen molar-refractivity contribution >= 4 is 11.9 Å². The SMILES string of the molecule is COC1[C@H]([C@H](OC(=O)c2ccccc2)C(=O)OC(C)C)OC2COC(c3ccccc3)O[C@@H]2[C@@H]1n1cc(-c2cc(F)c(F)c(F)c2)nn1. The zero-order valence-corrected chi connectivity index (χ0v) is 26.1. The van der Waals surface area contributed by atoms with Gasteiger partial charge in [0.1, 0.15) is 36.2 Å². The van der Waals surface area contributed by atoms with Crippen LogP contribution in [-0.2, 0) is 33.2 Å². The van der Waals surface area contributed by atoms with Crippen LogP contribution in [0.15, 0.2) is 79.0 Å². The molecule has 2 saturated heterocycles. The lowest BCUT2D eigenvalue weighted by molar-refractivity contribution is -0.325. The Bertz CT molecular complexity index is 1720. The van der Waals surface area contributed by atoms with Crippen molar-refractivity contribution in [2.75, 3.05) is 13.7 Å². The van der Waals surface area contributed by atoms with E-state index in [0.717, 1.165) is 17.7 Å². The van der Waals surface area contributed by atoms with Crippen LogP contribution in [0.5, 0.6) is 0 Å². The average Bonchev–Trinajstić information content (AvgIpc) is 3.58. The van der Waals surface area contributed by atoms with Gasteiger partial charge in [0.2, 0.25) is 6.10 Å². The summed E-state index contributed by atoms with van der Waals surface area (Å²) in [6, 6.07) is 17.9. The molecule has 2 fully saturated rings. The summed E-state index contributed by atoms with van der Waals surface area (Å²) in [6.45, 7) is 3.28. The smallest absolute Gasteiger partial charge is 0.350 e. The fraction of sp³-hybridized carbons (Fsp3) is 0.353. The molecule has 0 aliphatic carbocycles. The molecule has 4 aromatic rings. The maximum atomic E-state index is 14.1. The highest BCUT2D eigenvalue weighted by atomic mass is 19.2. The molecule has 0 spiro atoms. The molecule has 3 heterocycles. The fourth-order valence-electron chi connectivity index (χ4n) is 5.79. The van der Waals surface area contributed by atoms with Crippen LogP contribution < -0.4 is 0 Å². The lowest BCUT2D eigenvalue weighted by atomic mass is 9.89. The van der Waals surface area contributed by atoms with Gasteiger partial charge in [0.15, 0.2) is 23.7 Å². The number of methoxy groups -OCH3 is 1. The molecule has 14 heteroatoms. The van der Waals surface area contributed by atoms with Crippen LogP contribution in [-0.4, -0.2) is 77.3 Å². The standard InChI is InChI=1S/C34H32F3N3O8/c1-18(2)45-33(42)31(47-32(41)19-10-6-4-7-11-19)30-29(43-3)27(28-25(46-30)17-44-34(48-28)20-12-8-5-9-13-20)40-16-24(38-39-40)21-14-22(35)26(37)23(36)15-21/h4-16,18,25,27-31,34H,17H2,1-3H3/t25?,27-,28-,29?,30+,31-,34?/m0/s1. The summed E-state index contributed by atoms with van der Waals surface area (Å²) in [7, 11) is 1.37. The van der Waals surface area contributed by atoms with Crippen LogP contribution in [0.25, 0.3) is 11.3 Å². The van der Waals surface area contributed by atoms with E-state index in [0.29, 0.717) is 0 Å². The molecular weight excluding hydrogens is 635 g/mol. The normalized spacial score (nSPS) is 24.5. The number of hydrogen-bond acceptors (Lipinski definition) is 10. The number of carbonyl (C=O) groups is 2. The minimum absolute atomic E-state index is 0.0117. The van der Waals surface area contributed by atoms with Crippen molar-refractivity contribution in [1.29, 1.82) is 0 Å². The topological polar surface area (TPSA) is 120 Å². The third kappa shape index (κ3) is 6.83. The Morgan fingerprint density at radius 3 is 2.25 bits per heavy atom. The second-order valence-electron chi connectivity index (χ2n) is 11.5. The molecule has 0 saturated carbocycles. The molecule has 0 bridgehead atoms. The highest BCUT2D eigenvalue weighted by molar-refractivity contribution is 5.91. The lowest BCUT2D eigenvalue weighted by Crippen LogP contribution is -2.64. The van der Waals surface area contributed by atoms with Gasteiger partial charge in [-0.05, 0) is 38.1 Å². The Morgan fingerprint density at radius 1 is 0.938 bits per heavy atom. The quantitative estimate of drug-likeness (QED) is 0.179. The van der Waals surface area contributed by atoms with Crippen molar-refractivity contribution in [2.45, 2.75) is 62.8 Å². The van der Waals surface area contributed by atoms with Gasteiger partial charge in [-0.2, -0.15) is 0 Å². The molecule has 11 nitrogen and oxygen atoms in total. The van der Waals surface area contributed by atoms with Gasteiger partial charge < -0.3 is 28.4 Å². The zero-order valence-electron chi connectivity index (χ0n) is 26.1. The molecule has 48 heavy (non-hydrogen) atoms. The fourth-order valence-corrected chi connectivity index (χ4v) is 5.79. The molecule has 6 rings (SSSR count). The van der Waals surface area contributed by atoms with E-state index in [4.69, 9.17) is 28.4 Å². The van der Waals surface area contributed by atoms with Crippen LogP contribution in [0.2, 0.25) is 0 Å². The molecule has 3 aromatic carbocycles. The molecule has 2 aliphatic rings. The first kappa shape index (κ1) is 33.3. The summed E-state index contributed by atoms with van der Waals surface area (Å²) >= 11 is 0. The van der Waals surface area contributed by atoms with E-state index in [-0.39, 0.29) is 23.4 Å². The van der Waals surface area contributed by atoms with E-state index >= 15 is 0 Å². The highest BCUT2D eigenvalue weighted by Gasteiger charge is 2.56. The number of halogens is 3. The minimum Gasteiger partial charge on any atom is -0.460 e. The summed E-state index contributed by atoms with van der Waals surface area (Å²) in [5, 5.41) is 8.31. The first-order valence-electron chi connectivity index (χ1n) is 15.2. The maximum absolute atomic E-state index is 14.1. The van der Waals surface area contributed by atoms with Crippen molar-refractivity contribution in [2.24, 2.45) is 0 Å². The minimum atomic E-state index is -1.62. The molecule has 0 N–H and O–H groups in total. The number of carbonyl (C=O) groups excluding carboxylic acids is 2. The predicted molar refractivity (Wildman–Crippen MR) is 161 cm³/mol. The Hall–Kier alpha value is -4.63. The zero-order chi connectivity index (χ0) is 33.9. The molecule has 0 amide bonds. The Labute approximate surface area is 273 Å². The largest absolute Gasteiger partial charge is 0.460 e. The maximum Gasteiger partial charge on any atom is 0.350 e. The number of fused-ring (bicyclic) bond motifs is 1. The van der Waals surface area contributed by atoms with Crippen LogP contribution in [0.1, 0.15) is 42.1 Å². The van der Waals surface area contributed by atoms with Crippen LogP contribution >= 0.6 is 0 Å². The van der Waals surface area contributed by atoms with Gasteiger partial charge in [-0.3, -0.25) is 0 Å². The third-order valence-corrected chi connectivity index (χ3v) is 7.95. The number of nitrogens with zero attached hydrogens (tertiary/aromatic N) is 3. The van der Waals surface area contributed by atoms with Crippen LogP contribution in [0.3, 0.4) is 0 Å². The van der Waals surface area contributed by atoms with Crippen molar-refractivity contribution in [3.05, 3.63) is 108 Å². The van der Waals surface area contributed by atoms with E-state index in [2.05, 4.69) is 10.3 Å². The van der Waals surface area contributed by atoms with E-state index < -0.39 is 78.3 Å². The molecule has 2 aliphatic heterocycles. The Kier molecular flexibility index (Phi) is 9.87. The molecule has 7 atom stereocenters. The van der Waals surface area contributed by atoms with Gasteiger partial charge in [-0.1, -0.05) is 53.7 Å². The van der Waals surface area contributed by atoms with Crippen molar-refractivity contribution in [3.63, 3.8) is 0 Å². The monoisotopic (exact) mass is 667 g/mol. The number of ether oxygens (including phenoxy) is 6. The van der Waals surface area contributed by atoms with Gasteiger partial charge in [0.25, 0.3) is 0 Å². The molecule has 0 radical (unpaired) electrons. The van der Waals surface area contributed by atoms with Crippen molar-refractivity contribution in [1.82, 2.24) is 15.0 Å². The summed E-state index contributed by atoms with van der Waals surface area (Å²) in [5.74, 6) is -6.10. The lowest BCUT2D eigenvalue weighted by Gasteiger charge is -2.49. The number of rotatable bonds is 9. The Balaban J connectivity index is 1.40. The van der Waals surface area contributed by atoms with E-state index in [1.807, 2.05) is 30.3 Å². The Morgan fingerprint density at radius 2 is 1.60 bits per heavy atom. The average molecular weight is 668 g/mol. The summed E-state index contributed by atoms with van der Waals surface area (Å²) in [6.07, 6.45) is -5.73. The first-order valence-corrected chi connectivity index (χ1v) is 15.2. The second kappa shape index (κ2) is 14.2. The number of benzene rings is 3.